The molecule has 0 saturated heterocycles. The summed E-state index contributed by atoms with van der Waals surface area (Å²) >= 11 is 1.99. The van der Waals surface area contributed by atoms with E-state index in [-0.39, 0.29) is 0 Å². The Balaban J connectivity index is 2.46. The van der Waals surface area contributed by atoms with Crippen molar-refractivity contribution in [2.45, 2.75) is 0 Å². The van der Waals surface area contributed by atoms with Crippen molar-refractivity contribution in [2.75, 3.05) is 5.32 Å². The van der Waals surface area contributed by atoms with Crippen molar-refractivity contribution in [1.29, 1.82) is 0 Å². The number of halogens is 5. The first-order valence-corrected chi connectivity index (χ1v) is 5.79. The fraction of sp³-hybridized carbons (Fsp3) is 0. The number of aromatic nitrogens is 1. The Morgan fingerprint density at radius 1 is 1.00 bits per heavy atom. The van der Waals surface area contributed by atoms with Gasteiger partial charge in [-0.3, -0.25) is 0 Å². The molecule has 0 radical (unpaired) electrons. The fourth-order valence-electron chi connectivity index (χ4n) is 1.31. The summed E-state index contributed by atoms with van der Waals surface area (Å²) in [5.74, 6) is -6.51. The predicted octanol–water partition coefficient (Wildman–Crippen LogP) is 3.99. The lowest BCUT2D eigenvalue weighted by molar-refractivity contribution is 0.411. The Morgan fingerprint density at radius 3 is 2.17 bits per heavy atom. The molecule has 2 aromatic rings. The van der Waals surface area contributed by atoms with Gasteiger partial charge in [-0.15, -0.1) is 0 Å². The van der Waals surface area contributed by atoms with Crippen LogP contribution in [0.5, 0.6) is 0 Å². The van der Waals surface area contributed by atoms with Crippen molar-refractivity contribution in [3.05, 3.63) is 51.4 Å². The van der Waals surface area contributed by atoms with Gasteiger partial charge in [0.05, 0.1) is 0 Å². The van der Waals surface area contributed by atoms with E-state index in [0.717, 1.165) is 3.57 Å². The van der Waals surface area contributed by atoms with Gasteiger partial charge < -0.3 is 5.32 Å². The van der Waals surface area contributed by atoms with Gasteiger partial charge in [0.15, 0.2) is 0 Å². The molecule has 2 nitrogen and oxygen atoms in total. The molecule has 1 N–H and O–H groups in total. The van der Waals surface area contributed by atoms with E-state index in [2.05, 4.69) is 10.3 Å². The van der Waals surface area contributed by atoms with Crippen LogP contribution < -0.4 is 5.32 Å². The molecule has 0 bridgehead atoms. The average molecular weight is 368 g/mol. The number of hydrogen-bond donors (Lipinski definition) is 1. The number of nitrogens with one attached hydrogen (secondary N) is 1. The third kappa shape index (κ3) is 2.55. The number of nitrogens with zero attached hydrogens (tertiary/aromatic N) is 1. The van der Waals surface area contributed by atoms with Gasteiger partial charge in [0.25, 0.3) is 11.9 Å². The summed E-state index contributed by atoms with van der Waals surface area (Å²) < 4.78 is 53.2. The van der Waals surface area contributed by atoms with Gasteiger partial charge in [-0.1, -0.05) is 6.07 Å². The molecule has 0 spiro atoms. The quantitative estimate of drug-likeness (QED) is 0.493. The van der Waals surface area contributed by atoms with Crippen molar-refractivity contribution in [3.8, 4) is 0 Å². The zero-order chi connectivity index (χ0) is 13.3. The van der Waals surface area contributed by atoms with Crippen LogP contribution in [-0.4, -0.2) is 4.98 Å². The summed E-state index contributed by atoms with van der Waals surface area (Å²) in [6.45, 7) is 0. The van der Waals surface area contributed by atoms with Gasteiger partial charge in [0, 0.05) is 9.26 Å². The summed E-state index contributed by atoms with van der Waals surface area (Å²) in [6.07, 6.45) is 0. The maximum absolute atomic E-state index is 13.3. The van der Waals surface area contributed by atoms with Crippen molar-refractivity contribution in [1.82, 2.24) is 4.98 Å². The van der Waals surface area contributed by atoms with Crippen molar-refractivity contribution in [3.63, 3.8) is 0 Å². The lowest BCUT2D eigenvalue weighted by atomic mass is 10.3. The molecule has 0 saturated carbocycles. The molecule has 1 aromatic carbocycles. The normalized spacial score (nSPS) is 10.5. The van der Waals surface area contributed by atoms with Gasteiger partial charge >= 0.3 is 0 Å². The van der Waals surface area contributed by atoms with Crippen LogP contribution in [0, 0.1) is 27.1 Å². The van der Waals surface area contributed by atoms with Crippen LogP contribution in [0.2, 0.25) is 0 Å². The molecule has 0 fully saturated rings. The molecule has 1 aromatic heterocycles. The molecule has 18 heavy (non-hydrogen) atoms. The van der Waals surface area contributed by atoms with Crippen LogP contribution in [0.3, 0.4) is 0 Å². The van der Waals surface area contributed by atoms with Crippen LogP contribution in [0.25, 0.3) is 0 Å². The number of anilines is 2. The van der Waals surface area contributed by atoms with Gasteiger partial charge in [0.2, 0.25) is 11.6 Å². The van der Waals surface area contributed by atoms with Crippen LogP contribution in [-0.2, 0) is 0 Å². The minimum absolute atomic E-state index is 0.310. The first-order valence-electron chi connectivity index (χ1n) is 4.71. The third-order valence-electron chi connectivity index (χ3n) is 2.09. The van der Waals surface area contributed by atoms with Crippen molar-refractivity contribution >= 4 is 34.0 Å². The average Bonchev–Trinajstić information content (AvgIpc) is 2.32. The fourth-order valence-corrected chi connectivity index (χ4v) is 1.85. The van der Waals surface area contributed by atoms with Gasteiger partial charge in [-0.25, -0.2) is 0 Å². The molecule has 0 amide bonds. The highest BCUT2D eigenvalue weighted by Crippen LogP contribution is 2.26. The highest BCUT2D eigenvalue weighted by Gasteiger charge is 2.20. The molecule has 0 unspecified atom stereocenters. The van der Waals surface area contributed by atoms with E-state index in [1.54, 1.807) is 18.2 Å². The standard InChI is InChI=1S/C11H5F4IN2/c12-7-9(8(13)11(15)18-10(7)14)17-6-3-1-2-5(16)4-6/h1-4H,(H,17,18). The van der Waals surface area contributed by atoms with E-state index >= 15 is 0 Å². The summed E-state index contributed by atoms with van der Waals surface area (Å²) in [7, 11) is 0. The van der Waals surface area contributed by atoms with E-state index in [1.165, 1.54) is 6.07 Å². The van der Waals surface area contributed by atoms with E-state index in [4.69, 9.17) is 0 Å². The van der Waals surface area contributed by atoms with Crippen LogP contribution >= 0.6 is 22.6 Å². The van der Waals surface area contributed by atoms with Crippen molar-refractivity contribution < 1.29 is 17.6 Å². The molecule has 1 heterocycles. The van der Waals surface area contributed by atoms with Gasteiger partial charge in [-0.05, 0) is 40.8 Å². The number of hydrogen-bond acceptors (Lipinski definition) is 2. The Kier molecular flexibility index (Phi) is 3.69. The molecular weight excluding hydrogens is 363 g/mol. The van der Waals surface area contributed by atoms with E-state index in [1.807, 2.05) is 22.6 Å². The lowest BCUT2D eigenvalue weighted by Gasteiger charge is -2.09. The first-order chi connectivity index (χ1) is 8.49. The van der Waals surface area contributed by atoms with Crippen LogP contribution in [0.4, 0.5) is 28.9 Å². The number of pyridine rings is 1. The SMILES string of the molecule is Fc1nc(F)c(F)c(Nc2cccc(I)c2)c1F. The molecule has 0 aliphatic heterocycles. The Labute approximate surface area is 113 Å². The van der Waals surface area contributed by atoms with E-state index < -0.39 is 29.2 Å². The molecule has 0 aliphatic rings. The molecule has 2 rings (SSSR count). The molecular formula is C11H5F4IN2. The monoisotopic (exact) mass is 368 g/mol. The second kappa shape index (κ2) is 5.09. The zero-order valence-corrected chi connectivity index (χ0v) is 10.8. The summed E-state index contributed by atoms with van der Waals surface area (Å²) in [5, 5.41) is 2.29. The minimum Gasteiger partial charge on any atom is -0.350 e. The second-order valence-corrected chi connectivity index (χ2v) is 4.58. The Bertz CT molecular complexity index is 578. The predicted molar refractivity (Wildman–Crippen MR) is 66.5 cm³/mol. The minimum atomic E-state index is -1.69. The number of benzene rings is 1. The Morgan fingerprint density at radius 2 is 1.61 bits per heavy atom. The summed E-state index contributed by atoms with van der Waals surface area (Å²) in [5.41, 5.74) is -0.591. The van der Waals surface area contributed by atoms with Crippen molar-refractivity contribution in [2.24, 2.45) is 0 Å². The lowest BCUT2D eigenvalue weighted by Crippen LogP contribution is -2.06. The molecule has 94 valence electrons. The topological polar surface area (TPSA) is 24.9 Å². The molecule has 7 heteroatoms. The van der Waals surface area contributed by atoms with E-state index in [0.29, 0.717) is 5.69 Å². The largest absolute Gasteiger partial charge is 0.350 e. The van der Waals surface area contributed by atoms with Gasteiger partial charge in [-0.2, -0.15) is 22.5 Å². The smallest absolute Gasteiger partial charge is 0.253 e. The zero-order valence-electron chi connectivity index (χ0n) is 8.65. The van der Waals surface area contributed by atoms with Gasteiger partial charge in [0.1, 0.15) is 5.69 Å². The summed E-state index contributed by atoms with van der Waals surface area (Å²) in [4.78, 5) is 2.47. The highest BCUT2D eigenvalue weighted by molar-refractivity contribution is 14.1. The van der Waals surface area contributed by atoms with Crippen LogP contribution in [0.15, 0.2) is 24.3 Å². The Hall–Kier alpha value is -1.38. The third-order valence-corrected chi connectivity index (χ3v) is 2.76. The summed E-state index contributed by atoms with van der Waals surface area (Å²) in [6, 6.07) is 6.47. The maximum Gasteiger partial charge on any atom is 0.253 e. The number of rotatable bonds is 2. The first kappa shape index (κ1) is 13.1. The molecule has 0 aliphatic carbocycles. The molecule has 0 atom stereocenters. The van der Waals surface area contributed by atoms with Crippen LogP contribution in [0.1, 0.15) is 0 Å². The second-order valence-electron chi connectivity index (χ2n) is 3.33. The maximum atomic E-state index is 13.3. The highest BCUT2D eigenvalue weighted by atomic mass is 127. The van der Waals surface area contributed by atoms with E-state index in [9.17, 15) is 17.6 Å².